The van der Waals surface area contributed by atoms with Crippen molar-refractivity contribution in [3.63, 3.8) is 0 Å². The second-order valence-corrected chi connectivity index (χ2v) is 5.94. The molecular weight excluding hydrogens is 202 g/mol. The van der Waals surface area contributed by atoms with Crippen LogP contribution in [0.3, 0.4) is 0 Å². The largest absolute Gasteiger partial charge is 0.345 e. The molecule has 0 aromatic carbocycles. The van der Waals surface area contributed by atoms with Gasteiger partial charge in [-0.3, -0.25) is 0 Å². The van der Waals surface area contributed by atoms with Gasteiger partial charge in [0.15, 0.2) is 0 Å². The summed E-state index contributed by atoms with van der Waals surface area (Å²) in [6, 6.07) is 0. The summed E-state index contributed by atoms with van der Waals surface area (Å²) in [5, 5.41) is 11.1. The van der Waals surface area contributed by atoms with Crippen LogP contribution in [-0.4, -0.2) is 34.3 Å². The molecule has 0 bridgehead atoms. The average molecular weight is 215 g/mol. The highest BCUT2D eigenvalue weighted by atomic mass is 32.2. The Hall–Kier alpha value is -0.290. The van der Waals surface area contributed by atoms with Crippen molar-refractivity contribution in [2.24, 2.45) is 0 Å². The van der Waals surface area contributed by atoms with E-state index < -0.39 is 0 Å². The number of thioether (sulfide) groups is 1. The molecule has 5 heteroatoms. The zero-order valence-electron chi connectivity index (χ0n) is 7.86. The van der Waals surface area contributed by atoms with Gasteiger partial charge in [-0.25, -0.2) is 0 Å². The lowest BCUT2D eigenvalue weighted by molar-refractivity contribution is 0.772. The minimum Gasteiger partial charge on any atom is -0.345 e. The molecule has 0 saturated carbocycles. The van der Waals surface area contributed by atoms with Crippen molar-refractivity contribution >= 4 is 28.2 Å². The van der Waals surface area contributed by atoms with E-state index in [0.717, 1.165) is 28.5 Å². The number of nitrogens with zero attached hydrogens (tertiary/aromatic N) is 3. The van der Waals surface area contributed by atoms with E-state index >= 15 is 0 Å². The molecule has 3 nitrogen and oxygen atoms in total. The minimum absolute atomic E-state index is 0.720. The zero-order chi connectivity index (χ0) is 9.26. The van der Waals surface area contributed by atoms with Crippen LogP contribution in [0.25, 0.3) is 0 Å². The second-order valence-electron chi connectivity index (χ2n) is 3.23. The average Bonchev–Trinajstić information content (AvgIpc) is 2.52. The lowest BCUT2D eigenvalue weighted by Gasteiger charge is -2.29. The molecule has 1 saturated heterocycles. The van der Waals surface area contributed by atoms with Crippen molar-refractivity contribution in [3.05, 3.63) is 5.01 Å². The first kappa shape index (κ1) is 9.27. The van der Waals surface area contributed by atoms with Crippen LogP contribution in [0.2, 0.25) is 0 Å². The van der Waals surface area contributed by atoms with E-state index in [-0.39, 0.29) is 0 Å². The van der Waals surface area contributed by atoms with Gasteiger partial charge in [0.1, 0.15) is 5.01 Å². The van der Waals surface area contributed by atoms with E-state index in [0.29, 0.717) is 0 Å². The smallest absolute Gasteiger partial charge is 0.208 e. The van der Waals surface area contributed by atoms with Gasteiger partial charge in [0, 0.05) is 24.1 Å². The molecule has 1 atom stereocenters. The second kappa shape index (κ2) is 3.84. The molecular formula is C8H13N3S2. The summed E-state index contributed by atoms with van der Waals surface area (Å²) in [5.41, 5.74) is 0. The van der Waals surface area contributed by atoms with Gasteiger partial charge in [-0.15, -0.1) is 10.2 Å². The fourth-order valence-corrected chi connectivity index (χ4v) is 3.14. The van der Waals surface area contributed by atoms with E-state index in [1.807, 2.05) is 18.7 Å². The number of rotatable bonds is 1. The highest BCUT2D eigenvalue weighted by Gasteiger charge is 2.19. The van der Waals surface area contributed by atoms with E-state index in [4.69, 9.17) is 0 Å². The van der Waals surface area contributed by atoms with Crippen LogP contribution in [0, 0.1) is 6.92 Å². The van der Waals surface area contributed by atoms with Gasteiger partial charge in [0.05, 0.1) is 0 Å². The molecule has 0 N–H and O–H groups in total. The van der Waals surface area contributed by atoms with Gasteiger partial charge in [0.25, 0.3) is 0 Å². The quantitative estimate of drug-likeness (QED) is 0.714. The highest BCUT2D eigenvalue weighted by Crippen LogP contribution is 2.25. The Morgan fingerprint density at radius 2 is 2.31 bits per heavy atom. The van der Waals surface area contributed by atoms with E-state index in [1.165, 1.54) is 5.75 Å². The van der Waals surface area contributed by atoms with Crippen LogP contribution < -0.4 is 4.90 Å². The predicted molar refractivity (Wildman–Crippen MR) is 58.8 cm³/mol. The molecule has 0 amide bonds. The summed E-state index contributed by atoms with van der Waals surface area (Å²) >= 11 is 3.73. The maximum Gasteiger partial charge on any atom is 0.208 e. The van der Waals surface area contributed by atoms with Crippen molar-refractivity contribution in [1.82, 2.24) is 10.2 Å². The summed E-state index contributed by atoms with van der Waals surface area (Å²) in [7, 11) is 0. The SMILES string of the molecule is Cc1nnc(N2CCSC(C)C2)s1. The molecule has 1 aromatic rings. The first-order valence-electron chi connectivity index (χ1n) is 4.42. The van der Waals surface area contributed by atoms with E-state index in [2.05, 4.69) is 22.0 Å². The summed E-state index contributed by atoms with van der Waals surface area (Å²) in [4.78, 5) is 2.34. The van der Waals surface area contributed by atoms with Crippen molar-refractivity contribution in [2.75, 3.05) is 23.7 Å². The monoisotopic (exact) mass is 215 g/mol. The third kappa shape index (κ3) is 2.14. The topological polar surface area (TPSA) is 29.0 Å². The summed E-state index contributed by atoms with van der Waals surface area (Å²) in [5.74, 6) is 1.21. The van der Waals surface area contributed by atoms with Crippen molar-refractivity contribution in [3.8, 4) is 0 Å². The van der Waals surface area contributed by atoms with Crippen molar-refractivity contribution < 1.29 is 0 Å². The molecule has 2 heterocycles. The molecule has 0 spiro atoms. The Labute approximate surface area is 86.5 Å². The minimum atomic E-state index is 0.720. The maximum absolute atomic E-state index is 4.16. The molecule has 1 aliphatic heterocycles. The molecule has 1 fully saturated rings. The maximum atomic E-state index is 4.16. The zero-order valence-corrected chi connectivity index (χ0v) is 9.49. The van der Waals surface area contributed by atoms with Gasteiger partial charge in [0.2, 0.25) is 5.13 Å². The number of anilines is 1. The van der Waals surface area contributed by atoms with E-state index in [9.17, 15) is 0 Å². The van der Waals surface area contributed by atoms with Gasteiger partial charge in [-0.1, -0.05) is 18.3 Å². The third-order valence-corrected chi connectivity index (χ3v) is 4.06. The van der Waals surface area contributed by atoms with Crippen LogP contribution in [0.5, 0.6) is 0 Å². The van der Waals surface area contributed by atoms with Crippen LogP contribution in [0.15, 0.2) is 0 Å². The standard InChI is InChI=1S/C8H13N3S2/c1-6-5-11(3-4-12-6)8-10-9-7(2)13-8/h6H,3-5H2,1-2H3. The lowest BCUT2D eigenvalue weighted by Crippen LogP contribution is -2.36. The predicted octanol–water partition coefficient (Wildman–Crippen LogP) is 1.79. The fourth-order valence-electron chi connectivity index (χ4n) is 1.41. The number of aryl methyl sites for hydroxylation is 1. The molecule has 1 aliphatic rings. The number of hydrogen-bond donors (Lipinski definition) is 0. The van der Waals surface area contributed by atoms with E-state index in [1.54, 1.807) is 11.3 Å². The Morgan fingerprint density at radius 3 is 2.92 bits per heavy atom. The normalized spacial score (nSPS) is 23.5. The summed E-state index contributed by atoms with van der Waals surface area (Å²) in [6.07, 6.45) is 0. The molecule has 13 heavy (non-hydrogen) atoms. The Balaban J connectivity index is 2.08. The van der Waals surface area contributed by atoms with Gasteiger partial charge in [-0.05, 0) is 6.92 Å². The summed E-state index contributed by atoms with van der Waals surface area (Å²) in [6.45, 7) is 6.50. The molecule has 72 valence electrons. The Morgan fingerprint density at radius 1 is 1.46 bits per heavy atom. The van der Waals surface area contributed by atoms with Crippen LogP contribution in [0.1, 0.15) is 11.9 Å². The summed E-state index contributed by atoms with van der Waals surface area (Å²) < 4.78 is 0. The highest BCUT2D eigenvalue weighted by molar-refractivity contribution is 8.00. The number of aromatic nitrogens is 2. The molecule has 0 aliphatic carbocycles. The van der Waals surface area contributed by atoms with Crippen LogP contribution >= 0.6 is 23.1 Å². The van der Waals surface area contributed by atoms with Crippen LogP contribution in [0.4, 0.5) is 5.13 Å². The van der Waals surface area contributed by atoms with Gasteiger partial charge in [-0.2, -0.15) is 11.8 Å². The lowest BCUT2D eigenvalue weighted by atomic mass is 10.4. The molecule has 1 unspecified atom stereocenters. The molecule has 0 radical (unpaired) electrons. The van der Waals surface area contributed by atoms with Gasteiger partial charge >= 0.3 is 0 Å². The van der Waals surface area contributed by atoms with Crippen LogP contribution in [-0.2, 0) is 0 Å². The Kier molecular flexibility index (Phi) is 2.74. The third-order valence-electron chi connectivity index (χ3n) is 2.03. The van der Waals surface area contributed by atoms with Crippen molar-refractivity contribution in [2.45, 2.75) is 19.1 Å². The molecule has 2 rings (SSSR count). The fraction of sp³-hybridized carbons (Fsp3) is 0.750. The Bertz CT molecular complexity index is 287. The van der Waals surface area contributed by atoms with Gasteiger partial charge < -0.3 is 4.90 Å². The first-order valence-corrected chi connectivity index (χ1v) is 6.29. The van der Waals surface area contributed by atoms with Crippen molar-refractivity contribution in [1.29, 1.82) is 0 Å². The number of hydrogen-bond acceptors (Lipinski definition) is 5. The first-order chi connectivity index (χ1) is 6.25. The molecule has 1 aromatic heterocycles.